The molecule has 6 heteroatoms. The molecule has 2 rings (SSSR count). The number of thiophene rings is 1. The zero-order valence-electron chi connectivity index (χ0n) is 15.1. The molecular weight excluding hydrogens is 336 g/mol. The van der Waals surface area contributed by atoms with Gasteiger partial charge in [0.2, 0.25) is 0 Å². The van der Waals surface area contributed by atoms with Crippen LogP contribution in [0.15, 0.2) is 0 Å². The van der Waals surface area contributed by atoms with Crippen LogP contribution in [0.5, 0.6) is 0 Å². The van der Waals surface area contributed by atoms with Crippen LogP contribution in [0.3, 0.4) is 0 Å². The maximum Gasteiger partial charge on any atom is 0.160 e. The molecule has 0 aromatic carbocycles. The van der Waals surface area contributed by atoms with Crippen molar-refractivity contribution in [3.8, 4) is 6.07 Å². The summed E-state index contributed by atoms with van der Waals surface area (Å²) < 4.78 is 0. The zero-order valence-corrected chi connectivity index (χ0v) is 15.9. The number of aliphatic hydroxyl groups excluding tert-OH is 1. The van der Waals surface area contributed by atoms with E-state index in [0.29, 0.717) is 39.8 Å². The Labute approximate surface area is 153 Å². The van der Waals surface area contributed by atoms with Gasteiger partial charge in [0.05, 0.1) is 26.9 Å². The van der Waals surface area contributed by atoms with Crippen LogP contribution in [-0.2, 0) is 6.42 Å². The Kier molecular flexibility index (Phi) is 8.81. The fraction of sp³-hybridized carbons (Fsp3) is 0.632. The molecule has 1 aliphatic carbocycles. The van der Waals surface area contributed by atoms with Gasteiger partial charge in [-0.25, -0.2) is 0 Å². The van der Waals surface area contributed by atoms with Gasteiger partial charge in [0.15, 0.2) is 12.6 Å². The van der Waals surface area contributed by atoms with Crippen molar-refractivity contribution in [3.63, 3.8) is 0 Å². The number of nitrogens with two attached hydrogens (primary N) is 1. The monoisotopic (exact) mass is 364 g/mol. The first-order chi connectivity index (χ1) is 12.0. The number of carbonyl (C=O) groups is 2. The maximum atomic E-state index is 11.2. The molecule has 3 N–H and O–H groups in total. The van der Waals surface area contributed by atoms with Gasteiger partial charge in [0.25, 0.3) is 0 Å². The highest BCUT2D eigenvalue weighted by Crippen LogP contribution is 2.38. The van der Waals surface area contributed by atoms with Crippen molar-refractivity contribution in [2.24, 2.45) is 11.3 Å². The lowest BCUT2D eigenvalue weighted by molar-refractivity contribution is 0.112. The van der Waals surface area contributed by atoms with E-state index in [9.17, 15) is 14.9 Å². The van der Waals surface area contributed by atoms with Crippen LogP contribution in [0, 0.1) is 22.7 Å². The van der Waals surface area contributed by atoms with E-state index in [2.05, 4.69) is 6.07 Å². The Morgan fingerprint density at radius 1 is 1.28 bits per heavy atom. The summed E-state index contributed by atoms with van der Waals surface area (Å²) in [6.07, 6.45) is 9.83. The summed E-state index contributed by atoms with van der Waals surface area (Å²) in [7, 11) is 1.00. The van der Waals surface area contributed by atoms with Crippen molar-refractivity contribution in [1.82, 2.24) is 0 Å². The van der Waals surface area contributed by atoms with Gasteiger partial charge >= 0.3 is 0 Å². The molecule has 1 unspecified atom stereocenters. The number of anilines is 1. The Morgan fingerprint density at radius 3 is 2.44 bits per heavy atom. The molecule has 1 aromatic rings. The molecule has 1 saturated carbocycles. The number of nitrogen functional groups attached to an aromatic ring is 1. The zero-order chi connectivity index (χ0) is 18.9. The van der Waals surface area contributed by atoms with E-state index in [1.165, 1.54) is 32.1 Å². The van der Waals surface area contributed by atoms with E-state index in [4.69, 9.17) is 10.8 Å². The minimum Gasteiger partial charge on any atom is -0.400 e. The largest absolute Gasteiger partial charge is 0.400 e. The first kappa shape index (κ1) is 21.3. The van der Waals surface area contributed by atoms with Gasteiger partial charge in [-0.15, -0.1) is 11.3 Å². The number of hydrogen-bond donors (Lipinski definition) is 2. The second-order valence-electron chi connectivity index (χ2n) is 6.84. The van der Waals surface area contributed by atoms with Crippen molar-refractivity contribution in [2.45, 2.75) is 58.3 Å². The lowest BCUT2D eigenvalue weighted by Gasteiger charge is -2.29. The van der Waals surface area contributed by atoms with Crippen LogP contribution < -0.4 is 5.73 Å². The average Bonchev–Trinajstić information content (AvgIpc) is 2.97. The minimum absolute atomic E-state index is 0.392. The fourth-order valence-corrected chi connectivity index (χ4v) is 4.53. The topological polar surface area (TPSA) is 104 Å². The molecule has 138 valence electrons. The van der Waals surface area contributed by atoms with Crippen molar-refractivity contribution in [1.29, 1.82) is 5.26 Å². The first-order valence-electron chi connectivity index (χ1n) is 8.70. The van der Waals surface area contributed by atoms with Crippen LogP contribution in [0.1, 0.15) is 77.5 Å². The number of carbonyl (C=O) groups excluding carboxylic acids is 2. The predicted octanol–water partition coefficient (Wildman–Crippen LogP) is 4.00. The quantitative estimate of drug-likeness (QED) is 0.712. The summed E-state index contributed by atoms with van der Waals surface area (Å²) in [6, 6.07) is 2.47. The molecule has 0 amide bonds. The third-order valence-electron chi connectivity index (χ3n) is 4.99. The van der Waals surface area contributed by atoms with Gasteiger partial charge < -0.3 is 10.8 Å². The second kappa shape index (κ2) is 10.3. The Morgan fingerprint density at radius 2 is 1.92 bits per heavy atom. The first-order valence-corrected chi connectivity index (χ1v) is 9.52. The van der Waals surface area contributed by atoms with Crippen LogP contribution in [-0.4, -0.2) is 24.8 Å². The molecule has 1 aromatic heterocycles. The third-order valence-corrected chi connectivity index (χ3v) is 6.00. The number of aliphatic hydroxyl groups is 1. The summed E-state index contributed by atoms with van der Waals surface area (Å²) in [4.78, 5) is 22.9. The molecule has 0 spiro atoms. The van der Waals surface area contributed by atoms with Crippen LogP contribution >= 0.6 is 11.3 Å². The Balaban J connectivity index is 0.00000151. The maximum absolute atomic E-state index is 11.2. The molecule has 25 heavy (non-hydrogen) atoms. The smallest absolute Gasteiger partial charge is 0.160 e. The summed E-state index contributed by atoms with van der Waals surface area (Å²) in [6.45, 7) is 2.00. The van der Waals surface area contributed by atoms with E-state index in [-0.39, 0.29) is 0 Å². The van der Waals surface area contributed by atoms with E-state index < -0.39 is 5.41 Å². The third kappa shape index (κ3) is 5.65. The Hall–Kier alpha value is -1.71. The van der Waals surface area contributed by atoms with Gasteiger partial charge in [0.1, 0.15) is 0 Å². The lowest BCUT2D eigenvalue weighted by Crippen LogP contribution is -2.21. The van der Waals surface area contributed by atoms with E-state index in [0.717, 1.165) is 37.4 Å². The number of aldehydes is 2. The fourth-order valence-electron chi connectivity index (χ4n) is 3.63. The Bertz CT molecular complexity index is 615. The van der Waals surface area contributed by atoms with Crippen molar-refractivity contribution < 1.29 is 14.7 Å². The van der Waals surface area contributed by atoms with Crippen molar-refractivity contribution >= 4 is 28.9 Å². The highest BCUT2D eigenvalue weighted by Gasteiger charge is 2.30. The number of rotatable bonds is 7. The van der Waals surface area contributed by atoms with Gasteiger partial charge in [-0.2, -0.15) is 5.26 Å². The number of nitrogens with zero attached hydrogens (tertiary/aromatic N) is 1. The van der Waals surface area contributed by atoms with Crippen molar-refractivity contribution in [3.05, 3.63) is 16.0 Å². The summed E-state index contributed by atoms with van der Waals surface area (Å²) in [5, 5.41) is 17.0. The van der Waals surface area contributed by atoms with Gasteiger partial charge in [-0.1, -0.05) is 32.1 Å². The molecular formula is C19H28N2O3S. The highest BCUT2D eigenvalue weighted by atomic mass is 32.1. The van der Waals surface area contributed by atoms with Crippen molar-refractivity contribution in [2.75, 3.05) is 12.8 Å². The van der Waals surface area contributed by atoms with Crippen LogP contribution in [0.2, 0.25) is 0 Å². The normalized spacial score (nSPS) is 16.9. The number of nitriles is 1. The average molecular weight is 365 g/mol. The molecule has 0 bridgehead atoms. The van der Waals surface area contributed by atoms with E-state index >= 15 is 0 Å². The summed E-state index contributed by atoms with van der Waals surface area (Å²) in [5.41, 5.74) is 6.53. The molecule has 1 aliphatic rings. The standard InChI is InChI=1S/C18H24N2O2S.CH4O/c1-18(12-19,9-13-5-3-2-4-6-13)8-7-14-15(10-21)17(20)23-16(14)11-22;1-2/h10-11,13H,2-9,20H2,1H3;2H,1H3. The molecule has 1 atom stereocenters. The van der Waals surface area contributed by atoms with E-state index in [1.807, 2.05) is 6.92 Å². The molecule has 0 radical (unpaired) electrons. The van der Waals surface area contributed by atoms with Gasteiger partial charge in [-0.3, -0.25) is 9.59 Å². The number of hydrogen-bond acceptors (Lipinski definition) is 6. The van der Waals surface area contributed by atoms with Crippen LogP contribution in [0.4, 0.5) is 5.00 Å². The summed E-state index contributed by atoms with van der Waals surface area (Å²) in [5.74, 6) is 0.622. The van der Waals surface area contributed by atoms with Gasteiger partial charge in [0, 0.05) is 7.11 Å². The SMILES string of the molecule is CC(C#N)(CCc1c(C=O)sc(N)c1C=O)CC1CCCCC1.CO. The predicted molar refractivity (Wildman–Crippen MR) is 101 cm³/mol. The summed E-state index contributed by atoms with van der Waals surface area (Å²) >= 11 is 1.15. The van der Waals surface area contributed by atoms with Gasteiger partial charge in [-0.05, 0) is 37.7 Å². The second-order valence-corrected chi connectivity index (χ2v) is 7.92. The lowest BCUT2D eigenvalue weighted by atomic mass is 9.73. The molecule has 0 saturated heterocycles. The van der Waals surface area contributed by atoms with E-state index in [1.54, 1.807) is 0 Å². The minimum atomic E-state index is -0.418. The molecule has 0 aliphatic heterocycles. The highest BCUT2D eigenvalue weighted by molar-refractivity contribution is 7.18. The van der Waals surface area contributed by atoms with Crippen LogP contribution in [0.25, 0.3) is 0 Å². The molecule has 1 fully saturated rings. The molecule has 1 heterocycles. The molecule has 5 nitrogen and oxygen atoms in total.